The van der Waals surface area contributed by atoms with Gasteiger partial charge in [-0.1, -0.05) is 24.3 Å². The number of rotatable bonds is 3. The Bertz CT molecular complexity index is 819. The summed E-state index contributed by atoms with van der Waals surface area (Å²) in [5.41, 5.74) is 9.07. The van der Waals surface area contributed by atoms with Crippen molar-refractivity contribution in [3.63, 3.8) is 0 Å². The quantitative estimate of drug-likeness (QED) is 0.492. The first-order chi connectivity index (χ1) is 12.7. The van der Waals surface area contributed by atoms with Crippen LogP contribution in [0.4, 0.5) is 11.4 Å². The highest BCUT2D eigenvalue weighted by Gasteiger charge is 2.45. The molecule has 26 heavy (non-hydrogen) atoms. The largest absolute Gasteiger partial charge is 0.508 e. The summed E-state index contributed by atoms with van der Waals surface area (Å²) in [6.45, 7) is 0.574. The van der Waals surface area contributed by atoms with E-state index < -0.39 is 0 Å². The molecule has 0 amide bonds. The molecule has 2 aliphatic rings. The van der Waals surface area contributed by atoms with E-state index in [1.165, 1.54) is 0 Å². The van der Waals surface area contributed by atoms with E-state index in [1.54, 1.807) is 12.1 Å². The van der Waals surface area contributed by atoms with Gasteiger partial charge in [-0.15, -0.1) is 0 Å². The first-order valence-corrected chi connectivity index (χ1v) is 9.92. The second kappa shape index (κ2) is 7.19. The monoisotopic (exact) mass is 369 g/mol. The molecule has 136 valence electrons. The van der Waals surface area contributed by atoms with Gasteiger partial charge in [0.25, 0.3) is 0 Å². The molecule has 4 rings (SSSR count). The van der Waals surface area contributed by atoms with E-state index in [0.717, 1.165) is 47.1 Å². The minimum absolute atomic E-state index is 0.266. The molecule has 5 N–H and O–H groups in total. The smallest absolute Gasteiger partial charge is 0.144 e. The summed E-state index contributed by atoms with van der Waals surface area (Å²) in [5.74, 6) is 9.84. The average molecular weight is 369 g/mol. The number of nitrogens with one attached hydrogen (secondary N) is 2. The van der Waals surface area contributed by atoms with Crippen LogP contribution >= 0.6 is 11.8 Å². The molecule has 2 heterocycles. The fourth-order valence-corrected chi connectivity index (χ4v) is 4.73. The molecule has 2 aromatic rings. The summed E-state index contributed by atoms with van der Waals surface area (Å²) in [6.07, 6.45) is 1.89. The molecule has 1 fully saturated rings. The number of nitrogens with two attached hydrogens (primary N) is 1. The Labute approximate surface area is 157 Å². The first-order valence-electron chi connectivity index (χ1n) is 8.77. The van der Waals surface area contributed by atoms with Crippen LogP contribution in [0.25, 0.3) is 0 Å². The topological polar surface area (TPSA) is 85.9 Å². The first kappa shape index (κ1) is 17.2. The summed E-state index contributed by atoms with van der Waals surface area (Å²) < 4.78 is 0. The molecule has 1 spiro atoms. The predicted molar refractivity (Wildman–Crippen MR) is 108 cm³/mol. The molecule has 6 nitrogen and oxygen atoms in total. The fourth-order valence-electron chi connectivity index (χ4n) is 3.56. The predicted octanol–water partition coefficient (Wildman–Crippen LogP) is 2.68. The number of hydrazine groups is 2. The van der Waals surface area contributed by atoms with Crippen molar-refractivity contribution in [1.29, 1.82) is 0 Å². The zero-order valence-electron chi connectivity index (χ0n) is 14.5. The lowest BCUT2D eigenvalue weighted by molar-refractivity contribution is 0.447. The summed E-state index contributed by atoms with van der Waals surface area (Å²) >= 11 is 1.96. The van der Waals surface area contributed by atoms with Gasteiger partial charge < -0.3 is 10.5 Å². The maximum absolute atomic E-state index is 9.61. The van der Waals surface area contributed by atoms with Crippen molar-refractivity contribution in [3.05, 3.63) is 54.1 Å². The number of nitrogens with zero attached hydrogens (tertiary/aromatic N) is 2. The highest BCUT2D eigenvalue weighted by Crippen LogP contribution is 2.42. The van der Waals surface area contributed by atoms with Gasteiger partial charge >= 0.3 is 0 Å². The lowest BCUT2D eigenvalue weighted by atomic mass is 9.87. The Hall–Kier alpha value is -2.22. The second-order valence-electron chi connectivity index (χ2n) is 6.61. The van der Waals surface area contributed by atoms with Crippen molar-refractivity contribution < 1.29 is 5.11 Å². The van der Waals surface area contributed by atoms with Gasteiger partial charge in [0.1, 0.15) is 17.1 Å². The summed E-state index contributed by atoms with van der Waals surface area (Å²) in [4.78, 5) is 4.88. The van der Waals surface area contributed by atoms with E-state index in [2.05, 4.69) is 10.9 Å². The molecular weight excluding hydrogens is 346 g/mol. The van der Waals surface area contributed by atoms with Crippen molar-refractivity contribution in [2.24, 2.45) is 10.8 Å². The van der Waals surface area contributed by atoms with Crippen LogP contribution in [0.2, 0.25) is 0 Å². The molecule has 0 radical (unpaired) electrons. The Morgan fingerprint density at radius 1 is 1.15 bits per heavy atom. The van der Waals surface area contributed by atoms with Crippen LogP contribution in [0.5, 0.6) is 5.75 Å². The highest BCUT2D eigenvalue weighted by atomic mass is 32.2. The van der Waals surface area contributed by atoms with Gasteiger partial charge in [-0.25, -0.2) is 16.3 Å². The maximum atomic E-state index is 9.61. The van der Waals surface area contributed by atoms with Gasteiger partial charge in [0.05, 0.1) is 11.4 Å². The molecule has 0 atom stereocenters. The Morgan fingerprint density at radius 3 is 2.77 bits per heavy atom. The molecule has 0 unspecified atom stereocenters. The van der Waals surface area contributed by atoms with E-state index in [-0.39, 0.29) is 11.3 Å². The van der Waals surface area contributed by atoms with E-state index in [4.69, 9.17) is 10.8 Å². The Morgan fingerprint density at radius 2 is 1.96 bits per heavy atom. The Balaban J connectivity index is 1.58. The molecule has 1 saturated heterocycles. The normalized spacial score (nSPS) is 18.3. The van der Waals surface area contributed by atoms with Crippen molar-refractivity contribution in [2.45, 2.75) is 24.9 Å². The van der Waals surface area contributed by atoms with Gasteiger partial charge in [-0.3, -0.25) is 5.01 Å². The number of thioether (sulfide) groups is 1. The van der Waals surface area contributed by atoms with Crippen LogP contribution in [0.1, 0.15) is 18.4 Å². The molecular formula is C19H23N5OS. The zero-order valence-corrected chi connectivity index (χ0v) is 15.3. The minimum Gasteiger partial charge on any atom is -0.508 e. The molecule has 0 aliphatic carbocycles. The van der Waals surface area contributed by atoms with Crippen molar-refractivity contribution >= 4 is 29.0 Å². The molecule has 0 saturated carbocycles. The van der Waals surface area contributed by atoms with Gasteiger partial charge in [0, 0.05) is 6.54 Å². The van der Waals surface area contributed by atoms with Gasteiger partial charge in [0.15, 0.2) is 0 Å². The highest BCUT2D eigenvalue weighted by molar-refractivity contribution is 7.99. The van der Waals surface area contributed by atoms with E-state index in [0.29, 0.717) is 6.54 Å². The fraction of sp³-hybridized carbons (Fsp3) is 0.316. The number of para-hydroxylation sites is 2. The molecule has 0 bridgehead atoms. The van der Waals surface area contributed by atoms with E-state index in [9.17, 15) is 5.11 Å². The van der Waals surface area contributed by atoms with E-state index >= 15 is 0 Å². The zero-order chi connectivity index (χ0) is 18.0. The van der Waals surface area contributed by atoms with Crippen LogP contribution in [0, 0.1) is 0 Å². The number of hydrogen-bond acceptors (Lipinski definition) is 7. The number of benzene rings is 2. The van der Waals surface area contributed by atoms with Gasteiger partial charge in [-0.2, -0.15) is 11.8 Å². The number of phenols is 1. The minimum atomic E-state index is -0.314. The standard InChI is InChI=1S/C19H23N5OS/c20-24-17-7-2-1-6-16(17)22-18(19(24)8-10-26-11-9-19)23-21-13-14-4-3-5-15(25)12-14/h1-7,12,21,25H,8-11,13,20H2,(H,22,23). The SMILES string of the molecule is NN1c2ccccc2N=C(NNCc2cccc(O)c2)C12CCSCC2. The van der Waals surface area contributed by atoms with E-state index in [1.807, 2.05) is 53.2 Å². The Kier molecular flexibility index (Phi) is 4.76. The van der Waals surface area contributed by atoms with Crippen molar-refractivity contribution in [3.8, 4) is 5.75 Å². The molecule has 2 aliphatic heterocycles. The number of hydrogen-bond donors (Lipinski definition) is 4. The number of anilines is 1. The number of amidine groups is 1. The van der Waals surface area contributed by atoms with Crippen LogP contribution in [-0.2, 0) is 6.54 Å². The van der Waals surface area contributed by atoms with Crippen LogP contribution in [0.3, 0.4) is 0 Å². The molecule has 0 aromatic heterocycles. The maximum Gasteiger partial charge on any atom is 0.144 e. The third kappa shape index (κ3) is 3.13. The van der Waals surface area contributed by atoms with Crippen molar-refractivity contribution in [1.82, 2.24) is 10.9 Å². The number of phenolic OH excluding ortho intramolecular Hbond substituents is 1. The van der Waals surface area contributed by atoms with Gasteiger partial charge in [0.2, 0.25) is 0 Å². The summed E-state index contributed by atoms with van der Waals surface area (Å²) in [5, 5.41) is 11.5. The third-order valence-corrected chi connectivity index (χ3v) is 5.99. The van der Waals surface area contributed by atoms with Crippen LogP contribution in [-0.4, -0.2) is 28.0 Å². The summed E-state index contributed by atoms with van der Waals surface area (Å²) in [6, 6.07) is 15.2. The van der Waals surface area contributed by atoms with Crippen molar-refractivity contribution in [2.75, 3.05) is 16.5 Å². The summed E-state index contributed by atoms with van der Waals surface area (Å²) in [7, 11) is 0. The lowest BCUT2D eigenvalue weighted by Gasteiger charge is -2.47. The number of aromatic hydroxyl groups is 1. The number of fused-ring (bicyclic) bond motifs is 1. The molecule has 2 aromatic carbocycles. The third-order valence-electron chi connectivity index (χ3n) is 5.01. The van der Waals surface area contributed by atoms with Gasteiger partial charge in [-0.05, 0) is 54.2 Å². The van der Waals surface area contributed by atoms with Crippen LogP contribution < -0.4 is 21.7 Å². The average Bonchev–Trinajstić information content (AvgIpc) is 2.67. The number of aliphatic imine (C=N–C) groups is 1. The van der Waals surface area contributed by atoms with Crippen LogP contribution in [0.15, 0.2) is 53.5 Å². The molecule has 7 heteroatoms. The second-order valence-corrected chi connectivity index (χ2v) is 7.84. The lowest BCUT2D eigenvalue weighted by Crippen LogP contribution is -2.66.